The maximum atomic E-state index is 4.50. The van der Waals surface area contributed by atoms with Crippen molar-refractivity contribution in [3.8, 4) is 39.2 Å². The van der Waals surface area contributed by atoms with Gasteiger partial charge in [-0.25, -0.2) is 0 Å². The van der Waals surface area contributed by atoms with Gasteiger partial charge in [0, 0.05) is 38.1 Å². The van der Waals surface area contributed by atoms with Crippen molar-refractivity contribution in [1.82, 2.24) is 14.8 Å². The summed E-state index contributed by atoms with van der Waals surface area (Å²) in [5.74, 6) is 0.979. The number of para-hydroxylation sites is 1. The zero-order valence-corrected chi connectivity index (χ0v) is 26.8. The molecular formula is C38H35IrN3-2. The van der Waals surface area contributed by atoms with Crippen molar-refractivity contribution in [2.24, 2.45) is 0 Å². The molecule has 42 heavy (non-hydrogen) atoms. The molecule has 2 aromatic heterocycles. The first kappa shape index (κ1) is 30.8. The van der Waals surface area contributed by atoms with E-state index in [0.717, 1.165) is 22.5 Å². The molecule has 6 aromatic rings. The fourth-order valence-corrected chi connectivity index (χ4v) is 4.92. The molecule has 0 aliphatic rings. The summed E-state index contributed by atoms with van der Waals surface area (Å²) in [5.41, 5.74) is 10.7. The van der Waals surface area contributed by atoms with Crippen molar-refractivity contribution in [3.05, 3.63) is 151 Å². The molecule has 2 heterocycles. The van der Waals surface area contributed by atoms with Gasteiger partial charge in [-0.1, -0.05) is 82.3 Å². The Labute approximate surface area is 263 Å². The third kappa shape index (κ3) is 7.39. The zero-order chi connectivity index (χ0) is 28.6. The topological polar surface area (TPSA) is 30.7 Å². The van der Waals surface area contributed by atoms with Gasteiger partial charge in [0.1, 0.15) is 0 Å². The fourth-order valence-electron chi connectivity index (χ4n) is 4.92. The van der Waals surface area contributed by atoms with Crippen LogP contribution in [0.15, 0.2) is 128 Å². The van der Waals surface area contributed by atoms with Crippen LogP contribution in [0.25, 0.3) is 39.2 Å². The molecule has 4 aromatic carbocycles. The summed E-state index contributed by atoms with van der Waals surface area (Å²) in [5, 5.41) is 4.50. The minimum absolute atomic E-state index is 0. The summed E-state index contributed by atoms with van der Waals surface area (Å²) in [6.45, 7) is 9.08. The number of benzene rings is 4. The number of rotatable bonds is 6. The molecule has 3 nitrogen and oxygen atoms in total. The van der Waals surface area contributed by atoms with Crippen LogP contribution in [0, 0.1) is 12.1 Å². The molecule has 4 heteroatoms. The monoisotopic (exact) mass is 726 g/mol. The van der Waals surface area contributed by atoms with Crippen LogP contribution >= 0.6 is 0 Å². The molecule has 6 rings (SSSR count). The SMILES string of the molecule is CC(C)c1cccc(C(C)C)c1-c1ccc(-c2cnn(-c3[c-]cccc3)c2)cc1.[Ir].[c-]1ccccc1-c1ccccn1. The molecule has 0 spiro atoms. The van der Waals surface area contributed by atoms with Crippen LogP contribution in [-0.4, -0.2) is 14.8 Å². The molecule has 0 bridgehead atoms. The Morgan fingerprint density at radius 1 is 0.619 bits per heavy atom. The van der Waals surface area contributed by atoms with Crippen molar-refractivity contribution < 1.29 is 20.1 Å². The van der Waals surface area contributed by atoms with Crippen LogP contribution in [0.1, 0.15) is 50.7 Å². The summed E-state index contributed by atoms with van der Waals surface area (Å²) in [4.78, 5) is 4.22. The predicted molar refractivity (Wildman–Crippen MR) is 170 cm³/mol. The Balaban J connectivity index is 0.000000261. The molecule has 0 aliphatic heterocycles. The number of hydrogen-bond donors (Lipinski definition) is 0. The van der Waals surface area contributed by atoms with E-state index in [1.165, 1.54) is 27.8 Å². The van der Waals surface area contributed by atoms with Crippen LogP contribution in [0.2, 0.25) is 0 Å². The van der Waals surface area contributed by atoms with Gasteiger partial charge in [-0.05, 0) is 57.1 Å². The molecule has 0 amide bonds. The maximum absolute atomic E-state index is 4.50. The van der Waals surface area contributed by atoms with E-state index in [1.807, 2.05) is 77.6 Å². The third-order valence-corrected chi connectivity index (χ3v) is 7.05. The van der Waals surface area contributed by atoms with Crippen LogP contribution in [0.4, 0.5) is 0 Å². The van der Waals surface area contributed by atoms with E-state index in [1.54, 1.807) is 6.20 Å². The van der Waals surface area contributed by atoms with Gasteiger partial charge in [0.05, 0.1) is 6.20 Å². The summed E-state index contributed by atoms with van der Waals surface area (Å²) < 4.78 is 1.87. The van der Waals surface area contributed by atoms with Crippen molar-refractivity contribution in [2.75, 3.05) is 0 Å². The molecule has 0 fully saturated rings. The molecule has 1 radical (unpaired) electrons. The van der Waals surface area contributed by atoms with Gasteiger partial charge in [-0.15, -0.1) is 42.0 Å². The first-order chi connectivity index (χ1) is 20.0. The normalized spacial score (nSPS) is 10.6. The van der Waals surface area contributed by atoms with Gasteiger partial charge in [-0.2, -0.15) is 29.4 Å². The van der Waals surface area contributed by atoms with Crippen LogP contribution in [0.5, 0.6) is 0 Å². The standard InChI is InChI=1S/C27H27N2.C11H8N.Ir/c1-19(2)25-11-8-12-26(20(3)4)27(25)22-15-13-21(14-16-22)23-17-28-29(18-23)24-9-6-5-7-10-24;1-2-6-10(7-3-1)11-8-4-5-9-12-11;/h5-9,11-20H,1-4H3;1-6,8-9H;/q2*-1;. The Morgan fingerprint density at radius 2 is 1.26 bits per heavy atom. The number of pyridine rings is 1. The average molecular weight is 726 g/mol. The van der Waals surface area contributed by atoms with E-state index in [0.29, 0.717) is 11.8 Å². The van der Waals surface area contributed by atoms with Crippen LogP contribution in [-0.2, 0) is 20.1 Å². The predicted octanol–water partition coefficient (Wildman–Crippen LogP) is 9.80. The number of aromatic nitrogens is 3. The summed E-state index contributed by atoms with van der Waals surface area (Å²) in [7, 11) is 0. The molecule has 0 saturated heterocycles. The first-order valence-electron chi connectivity index (χ1n) is 14.1. The first-order valence-corrected chi connectivity index (χ1v) is 14.1. The smallest absolute Gasteiger partial charge is 0.0571 e. The molecule has 213 valence electrons. The van der Waals surface area contributed by atoms with E-state index in [-0.39, 0.29) is 20.1 Å². The second-order valence-corrected chi connectivity index (χ2v) is 10.6. The molecule has 0 aliphatic carbocycles. The Kier molecular flexibility index (Phi) is 10.8. The van der Waals surface area contributed by atoms with Gasteiger partial charge >= 0.3 is 0 Å². The van der Waals surface area contributed by atoms with E-state index in [9.17, 15) is 0 Å². The van der Waals surface area contributed by atoms with E-state index in [4.69, 9.17) is 0 Å². The van der Waals surface area contributed by atoms with Crippen molar-refractivity contribution in [2.45, 2.75) is 39.5 Å². The van der Waals surface area contributed by atoms with Crippen molar-refractivity contribution >= 4 is 0 Å². The summed E-state index contributed by atoms with van der Waals surface area (Å²) in [6.07, 6.45) is 5.76. The van der Waals surface area contributed by atoms with Gasteiger partial charge in [-0.3, -0.25) is 4.68 Å². The number of hydrogen-bond acceptors (Lipinski definition) is 2. The molecule has 0 unspecified atom stereocenters. The molecule has 0 atom stereocenters. The van der Waals surface area contributed by atoms with Gasteiger partial charge in [0.15, 0.2) is 0 Å². The molecular weight excluding hydrogens is 691 g/mol. The van der Waals surface area contributed by atoms with Crippen LogP contribution < -0.4 is 0 Å². The Morgan fingerprint density at radius 3 is 1.83 bits per heavy atom. The van der Waals surface area contributed by atoms with E-state index >= 15 is 0 Å². The fraction of sp³-hybridized carbons (Fsp3) is 0.158. The van der Waals surface area contributed by atoms with E-state index in [2.05, 4.69) is 98.6 Å². The van der Waals surface area contributed by atoms with Gasteiger partial charge in [0.2, 0.25) is 0 Å². The van der Waals surface area contributed by atoms with E-state index < -0.39 is 0 Å². The van der Waals surface area contributed by atoms with Crippen molar-refractivity contribution in [1.29, 1.82) is 0 Å². The zero-order valence-electron chi connectivity index (χ0n) is 24.5. The second-order valence-electron chi connectivity index (χ2n) is 10.6. The maximum Gasteiger partial charge on any atom is 0.0571 e. The third-order valence-electron chi connectivity index (χ3n) is 7.05. The van der Waals surface area contributed by atoms with Crippen LogP contribution in [0.3, 0.4) is 0 Å². The largest absolute Gasteiger partial charge is 0.305 e. The minimum Gasteiger partial charge on any atom is -0.305 e. The summed E-state index contributed by atoms with van der Waals surface area (Å²) >= 11 is 0. The molecule has 0 saturated carbocycles. The summed E-state index contributed by atoms with van der Waals surface area (Å²) in [6, 6.07) is 43.5. The number of nitrogens with zero attached hydrogens (tertiary/aromatic N) is 3. The average Bonchev–Trinajstić information content (AvgIpc) is 3.53. The second kappa shape index (κ2) is 14.7. The Hall–Kier alpha value is -4.11. The minimum atomic E-state index is 0. The Bertz CT molecular complexity index is 1590. The quantitative estimate of drug-likeness (QED) is 0.160. The van der Waals surface area contributed by atoms with Gasteiger partial charge in [0.25, 0.3) is 0 Å². The van der Waals surface area contributed by atoms with Gasteiger partial charge < -0.3 is 4.98 Å². The molecule has 0 N–H and O–H groups in total. The van der Waals surface area contributed by atoms with Crippen molar-refractivity contribution in [3.63, 3.8) is 0 Å².